The number of anilines is 1. The molecule has 82 valence electrons. The van der Waals surface area contributed by atoms with Gasteiger partial charge in [-0.1, -0.05) is 0 Å². The smallest absolute Gasteiger partial charge is 0.343 e. The van der Waals surface area contributed by atoms with Crippen LogP contribution in [0, 0.1) is 0 Å². The molecule has 0 unspecified atom stereocenters. The zero-order chi connectivity index (χ0) is 11.5. The summed E-state index contributed by atoms with van der Waals surface area (Å²) in [4.78, 5) is 19.2. The van der Waals surface area contributed by atoms with Crippen molar-refractivity contribution < 1.29 is 13.9 Å². The average Bonchev–Trinajstić information content (AvgIpc) is 2.81. The summed E-state index contributed by atoms with van der Waals surface area (Å²) >= 11 is 0. The molecule has 0 bridgehead atoms. The second-order valence-corrected chi connectivity index (χ2v) is 3.00. The number of esters is 1. The second kappa shape index (κ2) is 4.01. The van der Waals surface area contributed by atoms with Gasteiger partial charge in [-0.05, 0) is 6.07 Å². The van der Waals surface area contributed by atoms with Gasteiger partial charge in [0.2, 0.25) is 0 Å². The molecule has 0 aliphatic heterocycles. The molecule has 0 aromatic carbocycles. The van der Waals surface area contributed by atoms with E-state index in [-0.39, 0.29) is 11.4 Å². The van der Waals surface area contributed by atoms with Crippen molar-refractivity contribution in [3.05, 3.63) is 30.4 Å². The molecule has 2 aromatic heterocycles. The van der Waals surface area contributed by atoms with Crippen molar-refractivity contribution in [2.24, 2.45) is 0 Å². The number of carbonyl (C=O) groups excluding carboxylic acids is 1. The fraction of sp³-hybridized carbons (Fsp3) is 0.100. The van der Waals surface area contributed by atoms with Crippen LogP contribution in [0.4, 0.5) is 5.82 Å². The molecule has 0 amide bonds. The summed E-state index contributed by atoms with van der Waals surface area (Å²) < 4.78 is 9.43. The molecule has 6 nitrogen and oxygen atoms in total. The summed E-state index contributed by atoms with van der Waals surface area (Å²) in [6.45, 7) is 0. The zero-order valence-corrected chi connectivity index (χ0v) is 8.51. The lowest BCUT2D eigenvalue weighted by atomic mass is 10.2. The van der Waals surface area contributed by atoms with Gasteiger partial charge in [0.15, 0.2) is 5.82 Å². The van der Waals surface area contributed by atoms with Crippen LogP contribution in [0.1, 0.15) is 10.4 Å². The molecule has 0 aliphatic rings. The Labute approximate surface area is 91.1 Å². The van der Waals surface area contributed by atoms with Gasteiger partial charge >= 0.3 is 5.97 Å². The number of nitrogens with zero attached hydrogens (tertiary/aromatic N) is 2. The highest BCUT2D eigenvalue weighted by molar-refractivity contribution is 5.93. The van der Waals surface area contributed by atoms with Gasteiger partial charge in [-0.25, -0.2) is 14.8 Å². The second-order valence-electron chi connectivity index (χ2n) is 3.00. The van der Waals surface area contributed by atoms with Crippen LogP contribution in [0.2, 0.25) is 0 Å². The molecule has 2 heterocycles. The van der Waals surface area contributed by atoms with Crippen molar-refractivity contribution in [2.45, 2.75) is 0 Å². The van der Waals surface area contributed by atoms with Crippen molar-refractivity contribution in [2.75, 3.05) is 12.8 Å². The van der Waals surface area contributed by atoms with E-state index in [0.717, 1.165) is 0 Å². The highest BCUT2D eigenvalue weighted by Crippen LogP contribution is 2.18. The van der Waals surface area contributed by atoms with Gasteiger partial charge in [0.1, 0.15) is 17.6 Å². The molecule has 6 heteroatoms. The molecule has 0 spiro atoms. The molecular formula is C10H9N3O3. The van der Waals surface area contributed by atoms with Crippen LogP contribution < -0.4 is 5.73 Å². The van der Waals surface area contributed by atoms with Crippen molar-refractivity contribution in [1.82, 2.24) is 9.97 Å². The standard InChI is InChI=1S/C10H9N3O3/c1-15-10(14)7-4-12-9(13-8(7)11)6-2-3-16-5-6/h2-5H,1H3,(H2,11,12,13). The summed E-state index contributed by atoms with van der Waals surface area (Å²) in [7, 11) is 1.27. The Morgan fingerprint density at radius 3 is 2.94 bits per heavy atom. The van der Waals surface area contributed by atoms with Gasteiger partial charge in [0.05, 0.1) is 18.9 Å². The predicted molar refractivity (Wildman–Crippen MR) is 55.5 cm³/mol. The fourth-order valence-electron chi connectivity index (χ4n) is 1.19. The first-order valence-corrected chi connectivity index (χ1v) is 4.45. The Bertz CT molecular complexity index is 508. The van der Waals surface area contributed by atoms with E-state index in [1.807, 2.05) is 0 Å². The fourth-order valence-corrected chi connectivity index (χ4v) is 1.19. The van der Waals surface area contributed by atoms with Crippen LogP contribution >= 0.6 is 0 Å². The number of ether oxygens (including phenoxy) is 1. The highest BCUT2D eigenvalue weighted by atomic mass is 16.5. The number of rotatable bonds is 2. The number of methoxy groups -OCH3 is 1. The van der Waals surface area contributed by atoms with Gasteiger partial charge in [-0.15, -0.1) is 0 Å². The lowest BCUT2D eigenvalue weighted by Gasteiger charge is -2.03. The lowest BCUT2D eigenvalue weighted by Crippen LogP contribution is -2.08. The minimum Gasteiger partial charge on any atom is -0.472 e. The predicted octanol–water partition coefficient (Wildman–Crippen LogP) is 1.11. The minimum atomic E-state index is -0.559. The third-order valence-corrected chi connectivity index (χ3v) is 2.00. The maximum Gasteiger partial charge on any atom is 0.343 e. The number of nitrogens with two attached hydrogens (primary N) is 1. The van der Waals surface area contributed by atoms with Gasteiger partial charge in [0.25, 0.3) is 0 Å². The van der Waals surface area contributed by atoms with Crippen LogP contribution in [-0.2, 0) is 4.74 Å². The van der Waals surface area contributed by atoms with Gasteiger partial charge < -0.3 is 14.9 Å². The topological polar surface area (TPSA) is 91.2 Å². The summed E-state index contributed by atoms with van der Waals surface area (Å²) in [5, 5.41) is 0. The molecule has 0 atom stereocenters. The molecule has 2 aromatic rings. The molecule has 0 aliphatic carbocycles. The molecule has 0 saturated carbocycles. The van der Waals surface area contributed by atoms with Crippen molar-refractivity contribution >= 4 is 11.8 Å². The first-order chi connectivity index (χ1) is 7.72. The van der Waals surface area contributed by atoms with Crippen molar-refractivity contribution in [3.63, 3.8) is 0 Å². The van der Waals surface area contributed by atoms with Crippen LogP contribution in [0.3, 0.4) is 0 Å². The van der Waals surface area contributed by atoms with E-state index in [1.165, 1.54) is 25.8 Å². The third-order valence-electron chi connectivity index (χ3n) is 2.00. The van der Waals surface area contributed by atoms with Crippen LogP contribution in [0.5, 0.6) is 0 Å². The van der Waals surface area contributed by atoms with Crippen LogP contribution in [0.15, 0.2) is 29.2 Å². The van der Waals surface area contributed by atoms with E-state index in [4.69, 9.17) is 10.2 Å². The Kier molecular flexibility index (Phi) is 2.55. The highest BCUT2D eigenvalue weighted by Gasteiger charge is 2.13. The number of carbonyl (C=O) groups is 1. The molecule has 2 rings (SSSR count). The zero-order valence-electron chi connectivity index (χ0n) is 8.51. The van der Waals surface area contributed by atoms with Crippen LogP contribution in [0.25, 0.3) is 11.4 Å². The molecule has 2 N–H and O–H groups in total. The first kappa shape index (κ1) is 10.2. The number of aromatic nitrogens is 2. The maximum atomic E-state index is 11.2. The Hall–Kier alpha value is -2.37. The first-order valence-electron chi connectivity index (χ1n) is 4.45. The Morgan fingerprint density at radius 2 is 2.38 bits per heavy atom. The van der Waals surface area contributed by atoms with E-state index in [2.05, 4.69) is 14.7 Å². The average molecular weight is 219 g/mol. The number of furan rings is 1. The molecular weight excluding hydrogens is 210 g/mol. The third kappa shape index (κ3) is 1.72. The molecule has 0 saturated heterocycles. The van der Waals surface area contributed by atoms with E-state index >= 15 is 0 Å². The summed E-state index contributed by atoms with van der Waals surface area (Å²) in [6.07, 6.45) is 4.33. The summed E-state index contributed by atoms with van der Waals surface area (Å²) in [6, 6.07) is 1.70. The van der Waals surface area contributed by atoms with Crippen molar-refractivity contribution in [3.8, 4) is 11.4 Å². The number of nitrogen functional groups attached to an aromatic ring is 1. The minimum absolute atomic E-state index is 0.0815. The van der Waals surface area contributed by atoms with Gasteiger partial charge in [-0.3, -0.25) is 0 Å². The van der Waals surface area contributed by atoms with E-state index < -0.39 is 5.97 Å². The number of hydrogen-bond acceptors (Lipinski definition) is 6. The maximum absolute atomic E-state index is 11.2. The van der Waals surface area contributed by atoms with E-state index in [0.29, 0.717) is 11.4 Å². The molecule has 0 radical (unpaired) electrons. The molecule has 16 heavy (non-hydrogen) atoms. The summed E-state index contributed by atoms with van der Waals surface area (Å²) in [5.74, 6) is -0.0757. The van der Waals surface area contributed by atoms with E-state index in [9.17, 15) is 4.79 Å². The molecule has 0 fully saturated rings. The number of hydrogen-bond donors (Lipinski definition) is 1. The largest absolute Gasteiger partial charge is 0.472 e. The van der Waals surface area contributed by atoms with Crippen molar-refractivity contribution in [1.29, 1.82) is 0 Å². The van der Waals surface area contributed by atoms with Gasteiger partial charge in [0, 0.05) is 6.20 Å². The SMILES string of the molecule is COC(=O)c1cnc(-c2ccoc2)nc1N. The lowest BCUT2D eigenvalue weighted by molar-refractivity contribution is 0.0601. The van der Waals surface area contributed by atoms with Crippen LogP contribution in [-0.4, -0.2) is 23.0 Å². The monoisotopic (exact) mass is 219 g/mol. The quantitative estimate of drug-likeness (QED) is 0.760. The Balaban J connectivity index is 2.41. The Morgan fingerprint density at radius 1 is 1.56 bits per heavy atom. The van der Waals surface area contributed by atoms with Gasteiger partial charge in [-0.2, -0.15) is 0 Å². The normalized spacial score (nSPS) is 10.1. The summed E-state index contributed by atoms with van der Waals surface area (Å²) in [5.41, 5.74) is 6.47. The van der Waals surface area contributed by atoms with E-state index in [1.54, 1.807) is 6.07 Å².